The third-order valence-electron chi connectivity index (χ3n) is 3.75. The summed E-state index contributed by atoms with van der Waals surface area (Å²) in [7, 11) is -3.38. The Bertz CT molecular complexity index is 982. The molecule has 0 radical (unpaired) electrons. The Labute approximate surface area is 152 Å². The Kier molecular flexibility index (Phi) is 5.81. The molecule has 0 aliphatic heterocycles. The van der Waals surface area contributed by atoms with Crippen LogP contribution < -0.4 is 15.6 Å². The van der Waals surface area contributed by atoms with Gasteiger partial charge in [-0.25, -0.2) is 13.4 Å². The van der Waals surface area contributed by atoms with Gasteiger partial charge in [0.2, 0.25) is 15.9 Å². The highest BCUT2D eigenvalue weighted by Gasteiger charge is 2.15. The molecular weight excluding hydrogens is 356 g/mol. The number of amides is 1. The fourth-order valence-electron chi connectivity index (χ4n) is 2.58. The molecule has 0 bridgehead atoms. The van der Waals surface area contributed by atoms with Crippen LogP contribution in [0.4, 0.5) is 5.69 Å². The minimum atomic E-state index is -3.38. The largest absolute Gasteiger partial charge is 0.349 e. The highest BCUT2D eigenvalue weighted by molar-refractivity contribution is 7.92. The minimum absolute atomic E-state index is 0.0833. The predicted molar refractivity (Wildman–Crippen MR) is 99.5 cm³/mol. The van der Waals surface area contributed by atoms with Crippen LogP contribution in [-0.4, -0.2) is 30.5 Å². The number of anilines is 1. The van der Waals surface area contributed by atoms with Crippen LogP contribution in [0.3, 0.4) is 0 Å². The summed E-state index contributed by atoms with van der Waals surface area (Å²) in [5.74, 6) is 0.179. The van der Waals surface area contributed by atoms with Gasteiger partial charge in [0.25, 0.3) is 5.56 Å². The first-order chi connectivity index (χ1) is 12.0. The Morgan fingerprint density at radius 1 is 1.31 bits per heavy atom. The van der Waals surface area contributed by atoms with Gasteiger partial charge in [0, 0.05) is 16.9 Å². The molecule has 2 rings (SSSR count). The zero-order valence-corrected chi connectivity index (χ0v) is 15.9. The number of H-pyrrole nitrogens is 1. The number of aromatic amines is 1. The summed E-state index contributed by atoms with van der Waals surface area (Å²) >= 11 is 0. The van der Waals surface area contributed by atoms with E-state index < -0.39 is 10.0 Å². The van der Waals surface area contributed by atoms with Gasteiger partial charge in [-0.15, -0.1) is 0 Å². The molecule has 0 saturated heterocycles. The number of aryl methyl sites for hydroxylation is 2. The topological polar surface area (TPSA) is 121 Å². The molecule has 3 N–H and O–H groups in total. The number of carbonyl (C=O) groups excluding carboxylic acids is 1. The van der Waals surface area contributed by atoms with Crippen molar-refractivity contribution in [1.82, 2.24) is 15.3 Å². The molecule has 0 aliphatic carbocycles. The van der Waals surface area contributed by atoms with Crippen molar-refractivity contribution in [1.29, 1.82) is 0 Å². The van der Waals surface area contributed by atoms with E-state index in [4.69, 9.17) is 0 Å². The lowest BCUT2D eigenvalue weighted by Crippen LogP contribution is -2.31. The van der Waals surface area contributed by atoms with Crippen LogP contribution in [0.15, 0.2) is 29.1 Å². The van der Waals surface area contributed by atoms with Crippen molar-refractivity contribution in [2.75, 3.05) is 11.0 Å². The van der Waals surface area contributed by atoms with Crippen LogP contribution in [0, 0.1) is 13.8 Å². The fourth-order valence-corrected chi connectivity index (χ4v) is 3.14. The monoisotopic (exact) mass is 378 g/mol. The van der Waals surface area contributed by atoms with Crippen molar-refractivity contribution in [2.45, 2.75) is 33.2 Å². The molecule has 1 aromatic heterocycles. The molecule has 1 amide bonds. The second-order valence-corrected chi connectivity index (χ2v) is 7.93. The fraction of sp³-hybridized carbons (Fsp3) is 0.353. The van der Waals surface area contributed by atoms with Crippen LogP contribution in [0.5, 0.6) is 0 Å². The smallest absolute Gasteiger partial charge is 0.254 e. The number of hydrogen-bond donors (Lipinski definition) is 3. The van der Waals surface area contributed by atoms with Crippen LogP contribution in [0.25, 0.3) is 0 Å². The number of sulfonamides is 1. The summed E-state index contributed by atoms with van der Waals surface area (Å²) in [6, 6.07) is 6.40. The molecule has 9 heteroatoms. The predicted octanol–water partition coefficient (Wildman–Crippen LogP) is 1.18. The summed E-state index contributed by atoms with van der Waals surface area (Å²) in [6.45, 7) is 5.15. The van der Waals surface area contributed by atoms with Gasteiger partial charge in [-0.3, -0.25) is 14.3 Å². The van der Waals surface area contributed by atoms with E-state index in [1.165, 1.54) is 0 Å². The summed E-state index contributed by atoms with van der Waals surface area (Å²) in [5.41, 5.74) is 1.68. The maximum absolute atomic E-state index is 12.3. The third-order valence-corrected chi connectivity index (χ3v) is 4.35. The quantitative estimate of drug-likeness (QED) is 0.697. The molecular formula is C17H22N4O4S. The molecule has 0 fully saturated rings. The molecule has 140 valence electrons. The number of carbonyl (C=O) groups is 1. The van der Waals surface area contributed by atoms with Gasteiger partial charge in [0.1, 0.15) is 5.82 Å². The van der Waals surface area contributed by atoms with Crippen molar-refractivity contribution < 1.29 is 13.2 Å². The van der Waals surface area contributed by atoms with E-state index in [1.807, 2.05) is 0 Å². The van der Waals surface area contributed by atoms with E-state index in [-0.39, 0.29) is 23.9 Å². The summed E-state index contributed by atoms with van der Waals surface area (Å²) in [6.07, 6.45) is 0.987. The molecule has 0 aliphatic rings. The SMILES string of the molecule is Cc1nc(C)c(CC(=O)NC(C)c2cccc(NS(C)(=O)=O)c2)c(=O)[nH]1. The maximum Gasteiger partial charge on any atom is 0.254 e. The molecule has 8 nitrogen and oxygen atoms in total. The lowest BCUT2D eigenvalue weighted by atomic mass is 10.1. The Hall–Kier alpha value is -2.68. The summed E-state index contributed by atoms with van der Waals surface area (Å²) in [4.78, 5) is 31.0. The lowest BCUT2D eigenvalue weighted by molar-refractivity contribution is -0.121. The number of rotatable bonds is 6. The third kappa shape index (κ3) is 5.41. The highest BCUT2D eigenvalue weighted by atomic mass is 32.2. The van der Waals surface area contributed by atoms with E-state index in [0.29, 0.717) is 22.8 Å². The first kappa shape index (κ1) is 19.6. The molecule has 1 aromatic carbocycles. The molecule has 1 heterocycles. The van der Waals surface area contributed by atoms with Gasteiger partial charge >= 0.3 is 0 Å². The van der Waals surface area contributed by atoms with Gasteiger partial charge in [0.15, 0.2) is 0 Å². The van der Waals surface area contributed by atoms with Crippen LogP contribution in [-0.2, 0) is 21.2 Å². The number of benzene rings is 1. The molecule has 26 heavy (non-hydrogen) atoms. The van der Waals surface area contributed by atoms with Gasteiger partial charge < -0.3 is 10.3 Å². The van der Waals surface area contributed by atoms with E-state index in [9.17, 15) is 18.0 Å². The van der Waals surface area contributed by atoms with E-state index >= 15 is 0 Å². The molecule has 2 aromatic rings. The molecule has 0 saturated carbocycles. The second-order valence-electron chi connectivity index (χ2n) is 6.18. The normalized spacial score (nSPS) is 12.5. The van der Waals surface area contributed by atoms with Gasteiger partial charge in [0.05, 0.1) is 18.7 Å². The van der Waals surface area contributed by atoms with Crippen LogP contribution in [0.2, 0.25) is 0 Å². The second kappa shape index (κ2) is 7.69. The molecule has 0 spiro atoms. The van der Waals surface area contributed by atoms with Crippen molar-refractivity contribution in [3.63, 3.8) is 0 Å². The standard InChI is InChI=1S/C17H22N4O4S/c1-10(13-6-5-7-14(8-13)21-26(4,24)25)19-16(22)9-15-11(2)18-12(3)20-17(15)23/h5-8,10,21H,9H2,1-4H3,(H,19,22)(H,18,20,23). The maximum atomic E-state index is 12.3. The average molecular weight is 378 g/mol. The number of nitrogens with one attached hydrogen (secondary N) is 3. The summed E-state index contributed by atoms with van der Waals surface area (Å²) in [5, 5.41) is 2.81. The highest BCUT2D eigenvalue weighted by Crippen LogP contribution is 2.18. The number of nitrogens with zero attached hydrogens (tertiary/aromatic N) is 1. The minimum Gasteiger partial charge on any atom is -0.349 e. The van der Waals surface area contributed by atoms with E-state index in [1.54, 1.807) is 45.0 Å². The lowest BCUT2D eigenvalue weighted by Gasteiger charge is -2.16. The first-order valence-corrected chi connectivity index (χ1v) is 9.88. The van der Waals surface area contributed by atoms with Crippen LogP contribution >= 0.6 is 0 Å². The Balaban J connectivity index is 2.10. The van der Waals surface area contributed by atoms with Crippen molar-refractivity contribution in [2.24, 2.45) is 0 Å². The summed E-state index contributed by atoms with van der Waals surface area (Å²) < 4.78 is 25.1. The number of hydrogen-bond acceptors (Lipinski definition) is 5. The van der Waals surface area contributed by atoms with Crippen molar-refractivity contribution in [3.05, 3.63) is 57.3 Å². The van der Waals surface area contributed by atoms with E-state index in [2.05, 4.69) is 20.0 Å². The Morgan fingerprint density at radius 3 is 2.62 bits per heavy atom. The average Bonchev–Trinajstić information content (AvgIpc) is 2.49. The van der Waals surface area contributed by atoms with Gasteiger partial charge in [-0.2, -0.15) is 0 Å². The molecule has 1 atom stereocenters. The van der Waals surface area contributed by atoms with Crippen molar-refractivity contribution >= 4 is 21.6 Å². The zero-order chi connectivity index (χ0) is 19.5. The van der Waals surface area contributed by atoms with Gasteiger partial charge in [-0.1, -0.05) is 12.1 Å². The first-order valence-electron chi connectivity index (χ1n) is 7.98. The number of aromatic nitrogens is 2. The Morgan fingerprint density at radius 2 is 2.00 bits per heavy atom. The van der Waals surface area contributed by atoms with Crippen molar-refractivity contribution in [3.8, 4) is 0 Å². The van der Waals surface area contributed by atoms with Gasteiger partial charge in [-0.05, 0) is 38.5 Å². The molecule has 1 unspecified atom stereocenters. The van der Waals surface area contributed by atoms with E-state index in [0.717, 1.165) is 11.8 Å². The van der Waals surface area contributed by atoms with Crippen LogP contribution in [0.1, 0.15) is 35.6 Å². The zero-order valence-electron chi connectivity index (χ0n) is 15.1.